The van der Waals surface area contributed by atoms with E-state index in [1.165, 1.54) is 6.42 Å². The molecule has 3 unspecified atom stereocenters. The molecule has 116 valence electrons. The smallest absolute Gasteiger partial charge is 0.240 e. The summed E-state index contributed by atoms with van der Waals surface area (Å²) in [5, 5.41) is 9.20. The standard InChI is InChI=1S/C16H30N2O2/c1-12-5-4-6-13(2)18(12)16(20)14(3)17-9-7-15(11-19)8-10-17/h12-15,19H,4-11H2,1-3H3. The fourth-order valence-corrected chi connectivity index (χ4v) is 3.75. The number of aliphatic hydroxyl groups is 1. The maximum Gasteiger partial charge on any atom is 0.240 e. The van der Waals surface area contributed by atoms with Crippen LogP contribution in [0.1, 0.15) is 52.9 Å². The van der Waals surface area contributed by atoms with Crippen LogP contribution in [0.25, 0.3) is 0 Å². The minimum Gasteiger partial charge on any atom is -0.396 e. The number of nitrogens with zero attached hydrogens (tertiary/aromatic N) is 2. The Morgan fingerprint density at radius 3 is 2.20 bits per heavy atom. The number of rotatable bonds is 3. The number of hydrogen-bond donors (Lipinski definition) is 1. The molecule has 0 spiro atoms. The summed E-state index contributed by atoms with van der Waals surface area (Å²) in [7, 11) is 0. The van der Waals surface area contributed by atoms with Crippen molar-refractivity contribution >= 4 is 5.91 Å². The maximum atomic E-state index is 12.8. The molecule has 2 fully saturated rings. The van der Waals surface area contributed by atoms with Gasteiger partial charge in [-0.05, 0) is 71.9 Å². The molecule has 3 atom stereocenters. The molecule has 0 aromatic carbocycles. The predicted molar refractivity (Wildman–Crippen MR) is 80.5 cm³/mol. The predicted octanol–water partition coefficient (Wildman–Crippen LogP) is 1.87. The second-order valence-corrected chi connectivity index (χ2v) is 6.71. The number of aliphatic hydroxyl groups excluding tert-OH is 1. The van der Waals surface area contributed by atoms with E-state index in [4.69, 9.17) is 0 Å². The second kappa shape index (κ2) is 6.90. The lowest BCUT2D eigenvalue weighted by molar-refractivity contribution is -0.143. The van der Waals surface area contributed by atoms with Crippen LogP contribution in [0.4, 0.5) is 0 Å². The van der Waals surface area contributed by atoms with Crippen molar-refractivity contribution in [3.8, 4) is 0 Å². The van der Waals surface area contributed by atoms with Gasteiger partial charge in [0.25, 0.3) is 0 Å². The van der Waals surface area contributed by atoms with Crippen LogP contribution in [0.15, 0.2) is 0 Å². The minimum absolute atomic E-state index is 0.0161. The number of carbonyl (C=O) groups is 1. The van der Waals surface area contributed by atoms with Crippen molar-refractivity contribution in [1.82, 2.24) is 9.80 Å². The highest BCUT2D eigenvalue weighted by atomic mass is 16.3. The fourth-order valence-electron chi connectivity index (χ4n) is 3.75. The average molecular weight is 282 g/mol. The first-order valence-corrected chi connectivity index (χ1v) is 8.21. The van der Waals surface area contributed by atoms with Crippen molar-refractivity contribution in [2.75, 3.05) is 19.7 Å². The van der Waals surface area contributed by atoms with Crippen LogP contribution < -0.4 is 0 Å². The molecule has 1 N–H and O–H groups in total. The van der Waals surface area contributed by atoms with Crippen LogP contribution in [0.3, 0.4) is 0 Å². The van der Waals surface area contributed by atoms with Gasteiger partial charge in [0.15, 0.2) is 0 Å². The molecule has 4 heteroatoms. The van der Waals surface area contributed by atoms with E-state index in [0.29, 0.717) is 23.9 Å². The highest BCUT2D eigenvalue weighted by molar-refractivity contribution is 5.82. The van der Waals surface area contributed by atoms with Gasteiger partial charge in [-0.1, -0.05) is 0 Å². The third-order valence-corrected chi connectivity index (χ3v) is 5.26. The molecule has 2 saturated heterocycles. The normalized spacial score (nSPS) is 31.3. The number of carbonyl (C=O) groups excluding carboxylic acids is 1. The zero-order valence-electron chi connectivity index (χ0n) is 13.2. The number of piperidine rings is 2. The Bertz CT molecular complexity index is 316. The lowest BCUT2D eigenvalue weighted by atomic mass is 9.94. The quantitative estimate of drug-likeness (QED) is 0.859. The van der Waals surface area contributed by atoms with Crippen LogP contribution >= 0.6 is 0 Å². The minimum atomic E-state index is -0.0161. The van der Waals surface area contributed by atoms with E-state index in [1.807, 2.05) is 0 Å². The summed E-state index contributed by atoms with van der Waals surface area (Å²) in [6, 6.07) is 0.741. The van der Waals surface area contributed by atoms with Gasteiger partial charge >= 0.3 is 0 Å². The third-order valence-electron chi connectivity index (χ3n) is 5.26. The Hall–Kier alpha value is -0.610. The summed E-state index contributed by atoms with van der Waals surface area (Å²) in [5.41, 5.74) is 0. The van der Waals surface area contributed by atoms with Gasteiger partial charge in [0.05, 0.1) is 6.04 Å². The topological polar surface area (TPSA) is 43.8 Å². The maximum absolute atomic E-state index is 12.8. The summed E-state index contributed by atoms with van der Waals surface area (Å²) >= 11 is 0. The molecule has 0 saturated carbocycles. The van der Waals surface area contributed by atoms with Crippen molar-refractivity contribution < 1.29 is 9.90 Å². The van der Waals surface area contributed by atoms with E-state index >= 15 is 0 Å². The molecular weight excluding hydrogens is 252 g/mol. The van der Waals surface area contributed by atoms with E-state index in [2.05, 4.69) is 30.6 Å². The largest absolute Gasteiger partial charge is 0.396 e. The van der Waals surface area contributed by atoms with Gasteiger partial charge < -0.3 is 10.0 Å². The molecule has 1 amide bonds. The van der Waals surface area contributed by atoms with Crippen molar-refractivity contribution in [3.63, 3.8) is 0 Å². The Balaban J connectivity index is 1.94. The first kappa shape index (κ1) is 15.8. The lowest BCUT2D eigenvalue weighted by Gasteiger charge is -2.43. The zero-order valence-corrected chi connectivity index (χ0v) is 13.2. The third kappa shape index (κ3) is 3.34. The Morgan fingerprint density at radius 2 is 1.70 bits per heavy atom. The van der Waals surface area contributed by atoms with E-state index in [0.717, 1.165) is 38.8 Å². The molecule has 0 bridgehead atoms. The van der Waals surface area contributed by atoms with Crippen LogP contribution in [-0.4, -0.2) is 58.6 Å². The summed E-state index contributed by atoms with van der Waals surface area (Å²) in [6.07, 6.45) is 5.53. The van der Waals surface area contributed by atoms with Gasteiger partial charge in [-0.2, -0.15) is 0 Å². The van der Waals surface area contributed by atoms with E-state index in [1.54, 1.807) is 0 Å². The van der Waals surface area contributed by atoms with E-state index < -0.39 is 0 Å². The van der Waals surface area contributed by atoms with Crippen molar-refractivity contribution in [2.45, 2.75) is 71.0 Å². The Morgan fingerprint density at radius 1 is 1.15 bits per heavy atom. The van der Waals surface area contributed by atoms with E-state index in [9.17, 15) is 9.90 Å². The lowest BCUT2D eigenvalue weighted by Crippen LogP contribution is -2.55. The number of likely N-dealkylation sites (tertiary alicyclic amines) is 2. The molecule has 0 aromatic rings. The molecule has 0 aromatic heterocycles. The van der Waals surface area contributed by atoms with Gasteiger partial charge in [-0.3, -0.25) is 9.69 Å². The molecule has 2 heterocycles. The fraction of sp³-hybridized carbons (Fsp3) is 0.938. The summed E-state index contributed by atoms with van der Waals surface area (Å²) in [4.78, 5) is 17.2. The summed E-state index contributed by atoms with van der Waals surface area (Å²) in [5.74, 6) is 0.730. The van der Waals surface area contributed by atoms with Crippen molar-refractivity contribution in [1.29, 1.82) is 0 Å². The molecule has 0 radical (unpaired) electrons. The van der Waals surface area contributed by atoms with Crippen LogP contribution in [-0.2, 0) is 4.79 Å². The zero-order chi connectivity index (χ0) is 14.7. The molecule has 2 rings (SSSR count). The summed E-state index contributed by atoms with van der Waals surface area (Å²) < 4.78 is 0. The van der Waals surface area contributed by atoms with Gasteiger partial charge in [0.1, 0.15) is 0 Å². The van der Waals surface area contributed by atoms with Gasteiger partial charge in [0, 0.05) is 18.7 Å². The SMILES string of the molecule is CC(C(=O)N1C(C)CCCC1C)N1CCC(CO)CC1. The van der Waals surface area contributed by atoms with Crippen LogP contribution in [0.5, 0.6) is 0 Å². The van der Waals surface area contributed by atoms with Crippen LogP contribution in [0, 0.1) is 5.92 Å². The van der Waals surface area contributed by atoms with Gasteiger partial charge in [0.2, 0.25) is 5.91 Å². The Labute approximate surface area is 123 Å². The summed E-state index contributed by atoms with van der Waals surface area (Å²) in [6.45, 7) is 8.58. The molecule has 0 aliphatic carbocycles. The monoisotopic (exact) mass is 282 g/mol. The van der Waals surface area contributed by atoms with Gasteiger partial charge in [-0.15, -0.1) is 0 Å². The molecular formula is C16H30N2O2. The van der Waals surface area contributed by atoms with Gasteiger partial charge in [-0.25, -0.2) is 0 Å². The van der Waals surface area contributed by atoms with Crippen LogP contribution in [0.2, 0.25) is 0 Å². The Kier molecular flexibility index (Phi) is 5.44. The highest BCUT2D eigenvalue weighted by Gasteiger charge is 2.34. The average Bonchev–Trinajstić information content (AvgIpc) is 2.46. The molecule has 4 nitrogen and oxygen atoms in total. The molecule has 20 heavy (non-hydrogen) atoms. The highest BCUT2D eigenvalue weighted by Crippen LogP contribution is 2.25. The van der Waals surface area contributed by atoms with E-state index in [-0.39, 0.29) is 12.6 Å². The number of hydrogen-bond acceptors (Lipinski definition) is 3. The molecule has 2 aliphatic rings. The first-order valence-electron chi connectivity index (χ1n) is 8.21. The second-order valence-electron chi connectivity index (χ2n) is 6.71. The van der Waals surface area contributed by atoms with Crippen molar-refractivity contribution in [2.24, 2.45) is 5.92 Å². The molecule has 2 aliphatic heterocycles. The first-order chi connectivity index (χ1) is 9.54. The number of amides is 1. The van der Waals surface area contributed by atoms with Crippen molar-refractivity contribution in [3.05, 3.63) is 0 Å².